The topological polar surface area (TPSA) is 97.4 Å². The second-order valence-corrected chi connectivity index (χ2v) is 6.92. The number of allylic oxidation sites excluding steroid dienone is 1. The predicted octanol–water partition coefficient (Wildman–Crippen LogP) is 3.26. The van der Waals surface area contributed by atoms with Crippen molar-refractivity contribution >= 4 is 5.69 Å². The van der Waals surface area contributed by atoms with Gasteiger partial charge in [0, 0.05) is 5.41 Å². The number of hydrogen-bond donors (Lipinski definition) is 4. The fourth-order valence-electron chi connectivity index (χ4n) is 2.72. The summed E-state index contributed by atoms with van der Waals surface area (Å²) in [4.78, 5) is 0. The number of hydroxylamine groups is 1. The summed E-state index contributed by atoms with van der Waals surface area (Å²) in [5.41, 5.74) is -1.50. The van der Waals surface area contributed by atoms with E-state index in [2.05, 4.69) is 6.58 Å². The number of benzene rings is 1. The SMILES string of the molecule is C=CC(C)(CC)c1c(O)c(O)c(OC(C)(CC)CC)c([NH+](C)[O-])c1O. The molecule has 0 aliphatic carbocycles. The molecule has 0 bridgehead atoms. The minimum Gasteiger partial charge on any atom is -0.629 e. The summed E-state index contributed by atoms with van der Waals surface area (Å²) in [7, 11) is 1.29. The number of phenols is 3. The van der Waals surface area contributed by atoms with Crippen molar-refractivity contribution < 1.29 is 25.1 Å². The molecule has 142 valence electrons. The van der Waals surface area contributed by atoms with E-state index in [1.807, 2.05) is 27.7 Å². The zero-order valence-corrected chi connectivity index (χ0v) is 16.1. The Kier molecular flexibility index (Phi) is 6.37. The maximum Gasteiger partial charge on any atom is 0.231 e. The van der Waals surface area contributed by atoms with E-state index >= 15 is 0 Å². The summed E-state index contributed by atoms with van der Waals surface area (Å²) in [5.74, 6) is -1.58. The van der Waals surface area contributed by atoms with E-state index in [0.29, 0.717) is 19.3 Å². The summed E-state index contributed by atoms with van der Waals surface area (Å²) < 4.78 is 5.90. The molecule has 2 unspecified atom stereocenters. The molecule has 6 heteroatoms. The summed E-state index contributed by atoms with van der Waals surface area (Å²) in [6, 6.07) is 0. The van der Waals surface area contributed by atoms with Gasteiger partial charge in [0.1, 0.15) is 5.60 Å². The van der Waals surface area contributed by atoms with Gasteiger partial charge in [-0.1, -0.05) is 33.8 Å². The summed E-state index contributed by atoms with van der Waals surface area (Å²) in [5, 5.41) is 43.6. The molecular formula is C19H31NO5. The van der Waals surface area contributed by atoms with Crippen LogP contribution in [0.1, 0.15) is 59.4 Å². The van der Waals surface area contributed by atoms with Crippen LogP contribution < -0.4 is 9.80 Å². The number of ether oxygens (including phenoxy) is 1. The van der Waals surface area contributed by atoms with Crippen LogP contribution in [-0.2, 0) is 5.41 Å². The Morgan fingerprint density at radius 2 is 1.56 bits per heavy atom. The van der Waals surface area contributed by atoms with E-state index in [-0.39, 0.29) is 22.7 Å². The van der Waals surface area contributed by atoms with Crippen LogP contribution >= 0.6 is 0 Å². The third-order valence-electron chi connectivity index (χ3n) is 5.33. The Hall–Kier alpha value is -1.92. The lowest BCUT2D eigenvalue weighted by molar-refractivity contribution is -0.752. The van der Waals surface area contributed by atoms with Crippen LogP contribution in [-0.4, -0.2) is 28.0 Å². The minimum atomic E-state index is -0.812. The van der Waals surface area contributed by atoms with Crippen LogP contribution in [0.2, 0.25) is 0 Å². The molecule has 1 aromatic carbocycles. The van der Waals surface area contributed by atoms with Crippen LogP contribution in [0.3, 0.4) is 0 Å². The Morgan fingerprint density at radius 3 is 1.92 bits per heavy atom. The normalized spacial score (nSPS) is 15.5. The number of nitrogens with one attached hydrogen (secondary N) is 1. The third-order valence-corrected chi connectivity index (χ3v) is 5.33. The van der Waals surface area contributed by atoms with Gasteiger partial charge >= 0.3 is 0 Å². The lowest BCUT2D eigenvalue weighted by atomic mass is 9.78. The van der Waals surface area contributed by atoms with Crippen molar-refractivity contribution in [2.45, 2.75) is 64.9 Å². The van der Waals surface area contributed by atoms with Crippen molar-refractivity contribution in [1.82, 2.24) is 0 Å². The fraction of sp³-hybridized carbons (Fsp3) is 0.579. The van der Waals surface area contributed by atoms with Gasteiger partial charge in [-0.25, -0.2) is 0 Å². The van der Waals surface area contributed by atoms with Gasteiger partial charge in [0.15, 0.2) is 11.5 Å². The lowest BCUT2D eigenvalue weighted by Crippen LogP contribution is -2.98. The largest absolute Gasteiger partial charge is 0.629 e. The monoisotopic (exact) mass is 353 g/mol. The van der Waals surface area contributed by atoms with Crippen LogP contribution in [0.4, 0.5) is 5.69 Å². The van der Waals surface area contributed by atoms with Gasteiger partial charge in [0.25, 0.3) is 0 Å². The van der Waals surface area contributed by atoms with Crippen LogP contribution in [0, 0.1) is 5.21 Å². The second-order valence-electron chi connectivity index (χ2n) is 6.92. The van der Waals surface area contributed by atoms with Crippen molar-refractivity contribution in [1.29, 1.82) is 0 Å². The average molecular weight is 353 g/mol. The van der Waals surface area contributed by atoms with Gasteiger partial charge in [-0.15, -0.1) is 6.58 Å². The zero-order chi connectivity index (χ0) is 19.6. The number of aromatic hydroxyl groups is 3. The molecule has 6 nitrogen and oxygen atoms in total. The molecule has 0 saturated carbocycles. The molecule has 0 aliphatic heterocycles. The highest BCUT2D eigenvalue weighted by Gasteiger charge is 2.38. The first-order valence-corrected chi connectivity index (χ1v) is 8.66. The molecule has 0 heterocycles. The van der Waals surface area contributed by atoms with Gasteiger partial charge in [0.2, 0.25) is 17.2 Å². The Bertz CT molecular complexity index is 637. The molecule has 0 spiro atoms. The van der Waals surface area contributed by atoms with Gasteiger partial charge in [-0.2, -0.15) is 0 Å². The molecule has 0 amide bonds. The molecule has 1 aromatic rings. The van der Waals surface area contributed by atoms with Crippen molar-refractivity contribution in [3.63, 3.8) is 0 Å². The molecule has 0 saturated heterocycles. The number of phenolic OH excluding ortho intramolecular Hbond substituents is 3. The first-order chi connectivity index (χ1) is 11.5. The molecule has 0 radical (unpaired) electrons. The predicted molar refractivity (Wildman–Crippen MR) is 98.8 cm³/mol. The molecule has 0 aliphatic rings. The molecule has 25 heavy (non-hydrogen) atoms. The number of quaternary nitrogens is 1. The van der Waals surface area contributed by atoms with Gasteiger partial charge in [-0.05, 0) is 26.2 Å². The fourth-order valence-corrected chi connectivity index (χ4v) is 2.72. The summed E-state index contributed by atoms with van der Waals surface area (Å²) in [6.45, 7) is 13.1. The molecule has 2 atom stereocenters. The van der Waals surface area contributed by atoms with E-state index in [1.54, 1.807) is 13.0 Å². The number of rotatable bonds is 8. The highest BCUT2D eigenvalue weighted by molar-refractivity contribution is 5.74. The summed E-state index contributed by atoms with van der Waals surface area (Å²) in [6.07, 6.45) is 3.34. The molecule has 0 fully saturated rings. The van der Waals surface area contributed by atoms with E-state index in [0.717, 1.165) is 0 Å². The van der Waals surface area contributed by atoms with Crippen LogP contribution in [0.15, 0.2) is 12.7 Å². The highest BCUT2D eigenvalue weighted by Crippen LogP contribution is 2.54. The number of hydrogen-bond acceptors (Lipinski definition) is 5. The van der Waals surface area contributed by atoms with Crippen LogP contribution in [0.5, 0.6) is 23.0 Å². The molecule has 0 aromatic heterocycles. The van der Waals surface area contributed by atoms with Crippen molar-refractivity contribution in [2.75, 3.05) is 7.05 Å². The standard InChI is InChI=1S/C19H31NO5/c1-8-18(5,9-2)12-14(21)13(20(7)24)17(16(23)15(12)22)25-19(6,10-3)11-4/h8,20-23H,1,9-11H2,2-7H3. The molecule has 4 N–H and O–H groups in total. The molecular weight excluding hydrogens is 322 g/mol. The highest BCUT2D eigenvalue weighted by atomic mass is 16.5. The third kappa shape index (κ3) is 3.70. The Morgan fingerprint density at radius 1 is 1.04 bits per heavy atom. The van der Waals surface area contributed by atoms with E-state index in [9.17, 15) is 20.5 Å². The van der Waals surface area contributed by atoms with Gasteiger partial charge in [0.05, 0.1) is 12.6 Å². The quantitative estimate of drug-likeness (QED) is 0.249. The van der Waals surface area contributed by atoms with E-state index < -0.39 is 27.6 Å². The summed E-state index contributed by atoms with van der Waals surface area (Å²) >= 11 is 0. The Labute approximate surface area is 149 Å². The first kappa shape index (κ1) is 21.1. The maximum atomic E-state index is 12.2. The minimum absolute atomic E-state index is 0.0785. The first-order valence-electron chi connectivity index (χ1n) is 8.66. The lowest BCUT2D eigenvalue weighted by Gasteiger charge is -2.33. The van der Waals surface area contributed by atoms with E-state index in [1.165, 1.54) is 7.05 Å². The van der Waals surface area contributed by atoms with Crippen molar-refractivity contribution in [3.8, 4) is 23.0 Å². The van der Waals surface area contributed by atoms with Crippen LogP contribution in [0.25, 0.3) is 0 Å². The Balaban J connectivity index is 3.82. The van der Waals surface area contributed by atoms with Gasteiger partial charge < -0.3 is 30.3 Å². The maximum absolute atomic E-state index is 12.2. The smallest absolute Gasteiger partial charge is 0.231 e. The second kappa shape index (κ2) is 7.54. The average Bonchev–Trinajstić information content (AvgIpc) is 2.58. The van der Waals surface area contributed by atoms with Crippen molar-refractivity contribution in [2.24, 2.45) is 0 Å². The van der Waals surface area contributed by atoms with Gasteiger partial charge in [-0.3, -0.25) is 0 Å². The molecule has 1 rings (SSSR count). The zero-order valence-electron chi connectivity index (χ0n) is 16.1. The van der Waals surface area contributed by atoms with Crippen molar-refractivity contribution in [3.05, 3.63) is 23.4 Å². The van der Waals surface area contributed by atoms with E-state index in [4.69, 9.17) is 4.74 Å².